The molecule has 0 aromatic carbocycles. The molecule has 1 rings (SSSR count). The molecule has 0 aliphatic carbocycles. The van der Waals surface area contributed by atoms with Gasteiger partial charge in [0.1, 0.15) is 15.6 Å². The molecule has 1 heterocycles. The molecule has 0 saturated heterocycles. The summed E-state index contributed by atoms with van der Waals surface area (Å²) in [6.45, 7) is 7.40. The molecule has 0 atom stereocenters. The summed E-state index contributed by atoms with van der Waals surface area (Å²) in [6, 6.07) is 3.76. The van der Waals surface area contributed by atoms with Crippen molar-refractivity contribution in [3.05, 3.63) is 24.0 Å². The lowest BCUT2D eigenvalue weighted by Crippen LogP contribution is -2.35. The molecule has 0 spiro atoms. The molecule has 0 radical (unpaired) electrons. The van der Waals surface area contributed by atoms with Gasteiger partial charge >= 0.3 is 0 Å². The molecule has 20 heavy (non-hydrogen) atoms. The SMILES string of the molecule is CC(C)(C)NCc1ccc(OCCCS(C)(=O)=O)cn1. The predicted octanol–water partition coefficient (Wildman–Crippen LogP) is 1.78. The van der Waals surface area contributed by atoms with E-state index in [-0.39, 0.29) is 11.3 Å². The number of nitrogens with zero attached hydrogens (tertiary/aromatic N) is 1. The molecule has 0 unspecified atom stereocenters. The summed E-state index contributed by atoms with van der Waals surface area (Å²) in [5, 5.41) is 3.36. The van der Waals surface area contributed by atoms with Crippen molar-refractivity contribution < 1.29 is 13.2 Å². The second-order valence-electron chi connectivity index (χ2n) is 5.92. The van der Waals surface area contributed by atoms with Gasteiger partial charge < -0.3 is 10.1 Å². The second-order valence-corrected chi connectivity index (χ2v) is 8.18. The number of nitrogens with one attached hydrogen (secondary N) is 1. The van der Waals surface area contributed by atoms with E-state index in [1.807, 2.05) is 12.1 Å². The van der Waals surface area contributed by atoms with Crippen molar-refractivity contribution in [3.63, 3.8) is 0 Å². The van der Waals surface area contributed by atoms with Crippen LogP contribution in [-0.4, -0.2) is 37.6 Å². The summed E-state index contributed by atoms with van der Waals surface area (Å²) >= 11 is 0. The second kappa shape index (κ2) is 7.04. The standard InChI is InChI=1S/C14H24N2O3S/c1-14(2,3)16-10-12-6-7-13(11-15-12)19-8-5-9-20(4,17)18/h6-7,11,16H,5,8-10H2,1-4H3. The fraction of sp³-hybridized carbons (Fsp3) is 0.643. The maximum absolute atomic E-state index is 11.0. The third-order valence-corrected chi connectivity index (χ3v) is 3.56. The Labute approximate surface area is 121 Å². The van der Waals surface area contributed by atoms with E-state index >= 15 is 0 Å². The number of aromatic nitrogens is 1. The lowest BCUT2D eigenvalue weighted by Gasteiger charge is -2.20. The molecule has 1 N–H and O–H groups in total. The molecule has 0 aliphatic heterocycles. The van der Waals surface area contributed by atoms with Gasteiger partial charge in [0, 0.05) is 18.3 Å². The van der Waals surface area contributed by atoms with Crippen molar-refractivity contribution in [2.24, 2.45) is 0 Å². The molecule has 0 fully saturated rings. The largest absolute Gasteiger partial charge is 0.492 e. The smallest absolute Gasteiger partial charge is 0.147 e. The summed E-state index contributed by atoms with van der Waals surface area (Å²) < 4.78 is 27.4. The first-order valence-electron chi connectivity index (χ1n) is 6.66. The average Bonchev–Trinajstić information content (AvgIpc) is 2.31. The highest BCUT2D eigenvalue weighted by molar-refractivity contribution is 7.90. The van der Waals surface area contributed by atoms with Crippen molar-refractivity contribution in [1.29, 1.82) is 0 Å². The maximum Gasteiger partial charge on any atom is 0.147 e. The number of ether oxygens (including phenoxy) is 1. The third kappa shape index (κ3) is 8.12. The minimum atomic E-state index is -2.91. The van der Waals surface area contributed by atoms with E-state index in [0.29, 0.717) is 25.3 Å². The monoisotopic (exact) mass is 300 g/mol. The van der Waals surface area contributed by atoms with Crippen molar-refractivity contribution in [2.75, 3.05) is 18.6 Å². The number of hydrogen-bond donors (Lipinski definition) is 1. The summed E-state index contributed by atoms with van der Waals surface area (Å²) in [4.78, 5) is 4.30. The van der Waals surface area contributed by atoms with Crippen LogP contribution < -0.4 is 10.1 Å². The lowest BCUT2D eigenvalue weighted by molar-refractivity contribution is 0.316. The van der Waals surface area contributed by atoms with Crippen molar-refractivity contribution in [1.82, 2.24) is 10.3 Å². The quantitative estimate of drug-likeness (QED) is 0.777. The predicted molar refractivity (Wildman–Crippen MR) is 80.7 cm³/mol. The van der Waals surface area contributed by atoms with Crippen LogP contribution >= 0.6 is 0 Å². The zero-order valence-corrected chi connectivity index (χ0v) is 13.5. The molecule has 6 heteroatoms. The van der Waals surface area contributed by atoms with E-state index in [0.717, 1.165) is 5.69 Å². The van der Waals surface area contributed by atoms with Crippen LogP contribution in [0.3, 0.4) is 0 Å². The highest BCUT2D eigenvalue weighted by Gasteiger charge is 2.08. The van der Waals surface area contributed by atoms with Gasteiger partial charge in [0.05, 0.1) is 24.3 Å². The van der Waals surface area contributed by atoms with Gasteiger partial charge in [-0.05, 0) is 39.3 Å². The van der Waals surface area contributed by atoms with E-state index in [4.69, 9.17) is 4.74 Å². The molecule has 0 aliphatic rings. The first kappa shape index (κ1) is 16.9. The maximum atomic E-state index is 11.0. The zero-order valence-electron chi connectivity index (χ0n) is 12.6. The fourth-order valence-corrected chi connectivity index (χ4v) is 2.11. The molecular formula is C14H24N2O3S. The summed E-state index contributed by atoms with van der Waals surface area (Å²) in [6.07, 6.45) is 3.39. The van der Waals surface area contributed by atoms with Crippen LogP contribution in [0.2, 0.25) is 0 Å². The van der Waals surface area contributed by atoms with Crippen molar-refractivity contribution >= 4 is 9.84 Å². The normalized spacial score (nSPS) is 12.4. The van der Waals surface area contributed by atoms with Crippen LogP contribution in [0, 0.1) is 0 Å². The minimum Gasteiger partial charge on any atom is -0.492 e. The Hall–Kier alpha value is -1.14. The van der Waals surface area contributed by atoms with Gasteiger partial charge in [-0.25, -0.2) is 8.42 Å². The Morgan fingerprint density at radius 1 is 1.30 bits per heavy atom. The Kier molecular flexibility index (Phi) is 5.95. The molecular weight excluding hydrogens is 276 g/mol. The summed E-state index contributed by atoms with van der Waals surface area (Å²) in [5.41, 5.74) is 1.01. The van der Waals surface area contributed by atoms with Crippen LogP contribution in [0.15, 0.2) is 18.3 Å². The topological polar surface area (TPSA) is 68.3 Å². The molecule has 114 valence electrons. The van der Waals surface area contributed by atoms with Crippen LogP contribution in [-0.2, 0) is 16.4 Å². The van der Waals surface area contributed by atoms with Crippen LogP contribution in [0.25, 0.3) is 0 Å². The van der Waals surface area contributed by atoms with Gasteiger partial charge in [-0.2, -0.15) is 0 Å². The van der Waals surface area contributed by atoms with Gasteiger partial charge in [-0.15, -0.1) is 0 Å². The molecule has 1 aromatic heterocycles. The molecule has 0 bridgehead atoms. The third-order valence-electron chi connectivity index (χ3n) is 2.53. The van der Waals surface area contributed by atoms with Crippen LogP contribution in [0.5, 0.6) is 5.75 Å². The first-order valence-corrected chi connectivity index (χ1v) is 8.72. The molecule has 1 aromatic rings. The van der Waals surface area contributed by atoms with E-state index in [2.05, 4.69) is 31.1 Å². The van der Waals surface area contributed by atoms with Gasteiger partial charge in [0.15, 0.2) is 0 Å². The van der Waals surface area contributed by atoms with E-state index in [9.17, 15) is 8.42 Å². The van der Waals surface area contributed by atoms with E-state index in [1.165, 1.54) is 6.26 Å². The van der Waals surface area contributed by atoms with Gasteiger partial charge in [-0.3, -0.25) is 4.98 Å². The van der Waals surface area contributed by atoms with Crippen LogP contribution in [0.4, 0.5) is 0 Å². The Bertz CT molecular complexity index is 504. The Balaban J connectivity index is 2.35. The number of hydrogen-bond acceptors (Lipinski definition) is 5. The van der Waals surface area contributed by atoms with Crippen molar-refractivity contribution in [3.8, 4) is 5.75 Å². The average molecular weight is 300 g/mol. The Morgan fingerprint density at radius 2 is 2.00 bits per heavy atom. The van der Waals surface area contributed by atoms with Gasteiger partial charge in [0.2, 0.25) is 0 Å². The molecule has 5 nitrogen and oxygen atoms in total. The first-order chi connectivity index (χ1) is 9.16. The highest BCUT2D eigenvalue weighted by Crippen LogP contribution is 2.10. The summed E-state index contributed by atoms with van der Waals surface area (Å²) in [5.74, 6) is 0.812. The van der Waals surface area contributed by atoms with Crippen LogP contribution in [0.1, 0.15) is 32.9 Å². The molecule has 0 saturated carbocycles. The van der Waals surface area contributed by atoms with Gasteiger partial charge in [0.25, 0.3) is 0 Å². The highest BCUT2D eigenvalue weighted by atomic mass is 32.2. The summed E-state index contributed by atoms with van der Waals surface area (Å²) in [7, 11) is -2.91. The number of rotatable bonds is 7. The van der Waals surface area contributed by atoms with E-state index < -0.39 is 9.84 Å². The minimum absolute atomic E-state index is 0.0580. The Morgan fingerprint density at radius 3 is 2.50 bits per heavy atom. The van der Waals surface area contributed by atoms with Crippen molar-refractivity contribution in [2.45, 2.75) is 39.3 Å². The van der Waals surface area contributed by atoms with Gasteiger partial charge in [-0.1, -0.05) is 0 Å². The molecule has 0 amide bonds. The fourth-order valence-electron chi connectivity index (χ4n) is 1.47. The number of pyridine rings is 1. The van der Waals surface area contributed by atoms with E-state index in [1.54, 1.807) is 6.20 Å². The zero-order chi connectivity index (χ0) is 15.2. The number of sulfone groups is 1. The lowest BCUT2D eigenvalue weighted by atomic mass is 10.1.